The first kappa shape index (κ1) is 20.5. The summed E-state index contributed by atoms with van der Waals surface area (Å²) < 4.78 is 15.7. The Hall–Kier alpha value is -3.22. The van der Waals surface area contributed by atoms with Crippen LogP contribution in [0.4, 0.5) is 0 Å². The minimum Gasteiger partial charge on any atom is -0.497 e. The maximum absolute atomic E-state index is 13.0. The molecular weight excluding hydrogens is 372 g/mol. The van der Waals surface area contributed by atoms with E-state index in [2.05, 4.69) is 0 Å². The average Bonchev–Trinajstić information content (AvgIpc) is 3.04. The number of methoxy groups -OCH3 is 3. The maximum atomic E-state index is 13.0. The molecule has 1 fully saturated rings. The van der Waals surface area contributed by atoms with Gasteiger partial charge in [-0.3, -0.25) is 9.59 Å². The summed E-state index contributed by atoms with van der Waals surface area (Å²) in [6.45, 7) is 2.12. The number of carbonyl (C=O) groups excluding carboxylic acids is 2. The molecular formula is C22H26N2O5. The van der Waals surface area contributed by atoms with Crippen molar-refractivity contribution in [2.24, 2.45) is 0 Å². The molecule has 0 N–H and O–H groups in total. The molecule has 0 spiro atoms. The lowest BCUT2D eigenvalue weighted by Gasteiger charge is -2.23. The molecule has 0 aliphatic carbocycles. The van der Waals surface area contributed by atoms with Gasteiger partial charge in [0.25, 0.3) is 11.8 Å². The summed E-state index contributed by atoms with van der Waals surface area (Å²) in [5, 5.41) is 0. The van der Waals surface area contributed by atoms with E-state index < -0.39 is 0 Å². The van der Waals surface area contributed by atoms with Crippen LogP contribution in [0.3, 0.4) is 0 Å². The van der Waals surface area contributed by atoms with Crippen LogP contribution < -0.4 is 14.2 Å². The van der Waals surface area contributed by atoms with Crippen LogP contribution in [-0.2, 0) is 0 Å². The summed E-state index contributed by atoms with van der Waals surface area (Å²) in [4.78, 5) is 29.4. The molecule has 2 amide bonds. The molecule has 1 saturated heterocycles. The highest BCUT2D eigenvalue weighted by molar-refractivity contribution is 5.96. The van der Waals surface area contributed by atoms with Crippen molar-refractivity contribution in [1.82, 2.24) is 9.80 Å². The Labute approximate surface area is 170 Å². The van der Waals surface area contributed by atoms with E-state index in [4.69, 9.17) is 14.2 Å². The van der Waals surface area contributed by atoms with Crippen molar-refractivity contribution in [2.45, 2.75) is 6.42 Å². The molecule has 29 heavy (non-hydrogen) atoms. The largest absolute Gasteiger partial charge is 0.497 e. The Balaban J connectivity index is 1.71. The van der Waals surface area contributed by atoms with Gasteiger partial charge in [-0.25, -0.2) is 0 Å². The van der Waals surface area contributed by atoms with Gasteiger partial charge in [0.15, 0.2) is 0 Å². The highest BCUT2D eigenvalue weighted by Crippen LogP contribution is 2.24. The summed E-state index contributed by atoms with van der Waals surface area (Å²) in [5.74, 6) is 1.63. The summed E-state index contributed by atoms with van der Waals surface area (Å²) in [7, 11) is 4.68. The Morgan fingerprint density at radius 2 is 1.21 bits per heavy atom. The van der Waals surface area contributed by atoms with Crippen LogP contribution in [-0.4, -0.2) is 69.1 Å². The third-order valence-corrected chi connectivity index (χ3v) is 4.99. The van der Waals surface area contributed by atoms with E-state index >= 15 is 0 Å². The molecule has 0 unspecified atom stereocenters. The van der Waals surface area contributed by atoms with Gasteiger partial charge in [0.1, 0.15) is 17.2 Å². The van der Waals surface area contributed by atoms with Crippen molar-refractivity contribution in [2.75, 3.05) is 47.5 Å². The first-order valence-electron chi connectivity index (χ1n) is 9.51. The molecule has 2 aromatic carbocycles. The third kappa shape index (κ3) is 4.80. The highest BCUT2D eigenvalue weighted by Gasteiger charge is 2.24. The van der Waals surface area contributed by atoms with Gasteiger partial charge >= 0.3 is 0 Å². The van der Waals surface area contributed by atoms with E-state index in [9.17, 15) is 9.59 Å². The van der Waals surface area contributed by atoms with Crippen molar-refractivity contribution in [3.8, 4) is 17.2 Å². The zero-order chi connectivity index (χ0) is 20.8. The quantitative estimate of drug-likeness (QED) is 0.775. The smallest absolute Gasteiger partial charge is 0.254 e. The van der Waals surface area contributed by atoms with Gasteiger partial charge in [-0.2, -0.15) is 0 Å². The second-order valence-electron chi connectivity index (χ2n) is 6.77. The molecule has 0 saturated carbocycles. The zero-order valence-corrected chi connectivity index (χ0v) is 17.0. The maximum Gasteiger partial charge on any atom is 0.254 e. The zero-order valence-electron chi connectivity index (χ0n) is 17.0. The molecule has 1 heterocycles. The molecule has 0 aromatic heterocycles. The molecule has 0 radical (unpaired) electrons. The average molecular weight is 398 g/mol. The van der Waals surface area contributed by atoms with Crippen LogP contribution in [0.25, 0.3) is 0 Å². The van der Waals surface area contributed by atoms with Crippen molar-refractivity contribution in [3.63, 3.8) is 0 Å². The van der Waals surface area contributed by atoms with Gasteiger partial charge in [-0.1, -0.05) is 6.07 Å². The van der Waals surface area contributed by atoms with Crippen LogP contribution in [0.2, 0.25) is 0 Å². The topological polar surface area (TPSA) is 68.3 Å². The Kier molecular flexibility index (Phi) is 6.59. The van der Waals surface area contributed by atoms with E-state index in [-0.39, 0.29) is 11.8 Å². The van der Waals surface area contributed by atoms with E-state index in [1.807, 2.05) is 6.07 Å². The van der Waals surface area contributed by atoms with E-state index in [0.717, 1.165) is 0 Å². The van der Waals surface area contributed by atoms with Crippen LogP contribution in [0.15, 0.2) is 42.5 Å². The molecule has 7 heteroatoms. The fourth-order valence-corrected chi connectivity index (χ4v) is 3.38. The van der Waals surface area contributed by atoms with E-state index in [1.54, 1.807) is 67.5 Å². The van der Waals surface area contributed by atoms with Crippen LogP contribution in [0.1, 0.15) is 27.1 Å². The minimum atomic E-state index is -0.0992. The summed E-state index contributed by atoms with van der Waals surface area (Å²) in [6.07, 6.45) is 0.711. The number of ether oxygens (including phenoxy) is 3. The summed E-state index contributed by atoms with van der Waals surface area (Å²) >= 11 is 0. The van der Waals surface area contributed by atoms with Crippen LogP contribution in [0, 0.1) is 0 Å². The monoisotopic (exact) mass is 398 g/mol. The number of benzene rings is 2. The van der Waals surface area contributed by atoms with E-state index in [0.29, 0.717) is 61.0 Å². The van der Waals surface area contributed by atoms with Gasteiger partial charge in [-0.15, -0.1) is 0 Å². The molecule has 0 atom stereocenters. The first-order chi connectivity index (χ1) is 14.0. The van der Waals surface area contributed by atoms with Gasteiger partial charge < -0.3 is 24.0 Å². The lowest BCUT2D eigenvalue weighted by Crippen LogP contribution is -2.37. The van der Waals surface area contributed by atoms with Gasteiger partial charge in [0, 0.05) is 43.4 Å². The van der Waals surface area contributed by atoms with Gasteiger partial charge in [0.2, 0.25) is 0 Å². The number of carbonyl (C=O) groups is 2. The standard InChI is InChI=1S/C22H26N2O5/c1-27-18-7-4-6-16(12-18)21(25)23-8-5-9-24(11-10-23)22(26)17-13-19(28-2)15-20(14-17)29-3/h4,6-7,12-15H,5,8-11H2,1-3H3. The molecule has 1 aliphatic rings. The third-order valence-electron chi connectivity index (χ3n) is 4.99. The highest BCUT2D eigenvalue weighted by atomic mass is 16.5. The number of hydrogen-bond donors (Lipinski definition) is 0. The van der Waals surface area contributed by atoms with Crippen molar-refractivity contribution < 1.29 is 23.8 Å². The molecule has 7 nitrogen and oxygen atoms in total. The molecule has 0 bridgehead atoms. The fourth-order valence-electron chi connectivity index (χ4n) is 3.38. The minimum absolute atomic E-state index is 0.0544. The number of rotatable bonds is 5. The van der Waals surface area contributed by atoms with Crippen LogP contribution >= 0.6 is 0 Å². The second-order valence-corrected chi connectivity index (χ2v) is 6.77. The molecule has 1 aliphatic heterocycles. The number of amides is 2. The van der Waals surface area contributed by atoms with Crippen molar-refractivity contribution in [3.05, 3.63) is 53.6 Å². The lowest BCUT2D eigenvalue weighted by molar-refractivity contribution is 0.0718. The van der Waals surface area contributed by atoms with Gasteiger partial charge in [-0.05, 0) is 36.8 Å². The fraction of sp³-hybridized carbons (Fsp3) is 0.364. The molecule has 2 aromatic rings. The molecule has 154 valence electrons. The van der Waals surface area contributed by atoms with Crippen LogP contribution in [0.5, 0.6) is 17.2 Å². The predicted octanol–water partition coefficient (Wildman–Crippen LogP) is 2.70. The van der Waals surface area contributed by atoms with Crippen molar-refractivity contribution in [1.29, 1.82) is 0 Å². The Bertz CT molecular complexity index is 861. The number of hydrogen-bond acceptors (Lipinski definition) is 5. The lowest BCUT2D eigenvalue weighted by atomic mass is 10.1. The summed E-state index contributed by atoms with van der Waals surface area (Å²) in [5.41, 5.74) is 1.09. The predicted molar refractivity (Wildman–Crippen MR) is 109 cm³/mol. The van der Waals surface area contributed by atoms with Crippen molar-refractivity contribution >= 4 is 11.8 Å². The van der Waals surface area contributed by atoms with Gasteiger partial charge in [0.05, 0.1) is 21.3 Å². The normalized spacial score (nSPS) is 14.2. The SMILES string of the molecule is COc1cccc(C(=O)N2CCCN(C(=O)c3cc(OC)cc(OC)c3)CC2)c1. The summed E-state index contributed by atoms with van der Waals surface area (Å²) in [6, 6.07) is 12.3. The second kappa shape index (κ2) is 9.32. The van der Waals surface area contributed by atoms with E-state index in [1.165, 1.54) is 0 Å². The Morgan fingerprint density at radius 3 is 1.76 bits per heavy atom. The first-order valence-corrected chi connectivity index (χ1v) is 9.51. The number of nitrogens with zero attached hydrogens (tertiary/aromatic N) is 2. The Morgan fingerprint density at radius 1 is 0.690 bits per heavy atom. The molecule has 3 rings (SSSR count).